The van der Waals surface area contributed by atoms with Crippen molar-refractivity contribution in [1.29, 1.82) is 0 Å². The lowest BCUT2D eigenvalue weighted by Gasteiger charge is -2.38. The summed E-state index contributed by atoms with van der Waals surface area (Å²) in [6.45, 7) is -2.02. The summed E-state index contributed by atoms with van der Waals surface area (Å²) < 4.78 is 87.7. The van der Waals surface area contributed by atoms with E-state index >= 15 is 8.78 Å². The van der Waals surface area contributed by atoms with E-state index in [1.165, 1.54) is 0 Å². The summed E-state index contributed by atoms with van der Waals surface area (Å²) in [5.74, 6) is -3.75. The highest BCUT2D eigenvalue weighted by atomic mass is 32.2. The number of hydrogen-bond acceptors (Lipinski definition) is 6. The molecule has 0 aliphatic rings. The summed E-state index contributed by atoms with van der Waals surface area (Å²) in [6, 6.07) is 1.70. The zero-order valence-corrected chi connectivity index (χ0v) is 14.3. The van der Waals surface area contributed by atoms with Crippen molar-refractivity contribution >= 4 is 9.84 Å². The molecule has 1 N–H and O–H groups in total. The first-order valence-electron chi connectivity index (χ1n) is 7.15. The van der Waals surface area contributed by atoms with Crippen LogP contribution in [0, 0.1) is 11.6 Å². The molecule has 0 aliphatic carbocycles. The number of ether oxygens (including phenoxy) is 1. The highest BCUT2D eigenvalue weighted by molar-refractivity contribution is 7.92. The smallest absolute Gasteiger partial charge is 0.379 e. The normalized spacial score (nSPS) is 15.0. The van der Waals surface area contributed by atoms with E-state index in [9.17, 15) is 17.2 Å². The van der Waals surface area contributed by atoms with Crippen molar-refractivity contribution < 1.29 is 35.8 Å². The third-order valence-electron chi connectivity index (χ3n) is 3.79. The molecule has 144 valence electrons. The van der Waals surface area contributed by atoms with Gasteiger partial charge in [0.25, 0.3) is 0 Å². The maximum absolute atomic E-state index is 15.1. The molecule has 0 bridgehead atoms. The molecule has 0 radical (unpaired) electrons. The fourth-order valence-corrected chi connectivity index (χ4v) is 3.74. The van der Waals surface area contributed by atoms with Gasteiger partial charge in [-0.15, -0.1) is 0 Å². The molecule has 0 aliphatic heterocycles. The molecule has 1 aromatic carbocycles. The SMILES string of the molecule is COC(Cn1cncn1)(c1ccc(F)cc1F)C(F)(F)S(=O)(=O)CCO. The Morgan fingerprint density at radius 3 is 2.50 bits per heavy atom. The molecule has 12 heteroatoms. The zero-order valence-electron chi connectivity index (χ0n) is 13.4. The van der Waals surface area contributed by atoms with Crippen LogP contribution in [-0.4, -0.2) is 53.0 Å². The Balaban J connectivity index is 2.75. The van der Waals surface area contributed by atoms with Crippen LogP contribution < -0.4 is 0 Å². The van der Waals surface area contributed by atoms with Crippen LogP contribution in [0.4, 0.5) is 17.6 Å². The van der Waals surface area contributed by atoms with Crippen molar-refractivity contribution in [2.75, 3.05) is 19.5 Å². The molecule has 0 fully saturated rings. The molecule has 7 nitrogen and oxygen atoms in total. The van der Waals surface area contributed by atoms with Crippen molar-refractivity contribution in [3.63, 3.8) is 0 Å². The molecule has 1 aromatic heterocycles. The third kappa shape index (κ3) is 3.31. The van der Waals surface area contributed by atoms with Crippen molar-refractivity contribution in [2.24, 2.45) is 0 Å². The minimum absolute atomic E-state index is 0.333. The van der Waals surface area contributed by atoms with Gasteiger partial charge >= 0.3 is 5.25 Å². The number of halogens is 4. The zero-order chi connectivity index (χ0) is 19.6. The second-order valence-corrected chi connectivity index (χ2v) is 7.46. The predicted molar refractivity (Wildman–Crippen MR) is 80.9 cm³/mol. The fourth-order valence-electron chi connectivity index (χ4n) is 2.49. The summed E-state index contributed by atoms with van der Waals surface area (Å²) >= 11 is 0. The standard InChI is InChI=1S/C14H15F4N3O4S/c1-25-13(7-21-9-19-8-20-21,11-3-2-10(15)6-12(11)16)14(17,18)26(23,24)5-4-22/h2-3,6,8-9,22H,4-5,7H2,1H3. The Morgan fingerprint density at radius 2 is 2.00 bits per heavy atom. The van der Waals surface area contributed by atoms with Crippen LogP contribution in [0.15, 0.2) is 30.9 Å². The number of rotatable bonds is 8. The van der Waals surface area contributed by atoms with Crippen LogP contribution in [-0.2, 0) is 26.7 Å². The van der Waals surface area contributed by atoms with E-state index in [-0.39, 0.29) is 0 Å². The molecule has 1 unspecified atom stereocenters. The average Bonchev–Trinajstić information content (AvgIpc) is 3.05. The molecular weight excluding hydrogens is 382 g/mol. The van der Waals surface area contributed by atoms with E-state index < -0.39 is 56.8 Å². The minimum Gasteiger partial charge on any atom is -0.395 e. The lowest BCUT2D eigenvalue weighted by Crippen LogP contribution is -2.56. The molecular formula is C14H15F4N3O4S. The number of sulfone groups is 1. The van der Waals surface area contributed by atoms with Gasteiger partial charge < -0.3 is 9.84 Å². The largest absolute Gasteiger partial charge is 0.395 e. The molecule has 2 rings (SSSR count). The van der Waals surface area contributed by atoms with Gasteiger partial charge in [-0.2, -0.15) is 13.9 Å². The summed E-state index contributed by atoms with van der Waals surface area (Å²) in [5, 5.41) is 7.74. The Kier molecular flexibility index (Phi) is 5.68. The summed E-state index contributed by atoms with van der Waals surface area (Å²) in [6.07, 6.45) is 2.01. The second-order valence-electron chi connectivity index (χ2n) is 5.31. The van der Waals surface area contributed by atoms with E-state index in [4.69, 9.17) is 9.84 Å². The highest BCUT2D eigenvalue weighted by Gasteiger charge is 2.65. The van der Waals surface area contributed by atoms with Crippen LogP contribution in [0.3, 0.4) is 0 Å². The van der Waals surface area contributed by atoms with Gasteiger partial charge in [0.15, 0.2) is 5.60 Å². The van der Waals surface area contributed by atoms with Crippen LogP contribution in [0.1, 0.15) is 5.56 Å². The number of aromatic nitrogens is 3. The molecule has 2 aromatic rings. The van der Waals surface area contributed by atoms with Crippen molar-refractivity contribution in [3.05, 3.63) is 48.1 Å². The number of alkyl halides is 2. The summed E-state index contributed by atoms with van der Waals surface area (Å²) in [4.78, 5) is 3.56. The second kappa shape index (κ2) is 7.29. The number of benzene rings is 1. The Morgan fingerprint density at radius 1 is 1.31 bits per heavy atom. The maximum Gasteiger partial charge on any atom is 0.379 e. The lowest BCUT2D eigenvalue weighted by atomic mass is 9.92. The molecule has 0 saturated carbocycles. The van der Waals surface area contributed by atoms with E-state index in [1.54, 1.807) is 0 Å². The van der Waals surface area contributed by atoms with Crippen LogP contribution in [0.25, 0.3) is 0 Å². The first-order valence-corrected chi connectivity index (χ1v) is 8.80. The van der Waals surface area contributed by atoms with Gasteiger partial charge in [-0.1, -0.05) is 0 Å². The van der Waals surface area contributed by atoms with Crippen LogP contribution in [0.5, 0.6) is 0 Å². The van der Waals surface area contributed by atoms with Crippen LogP contribution >= 0.6 is 0 Å². The third-order valence-corrected chi connectivity index (χ3v) is 5.62. The number of aliphatic hydroxyl groups is 1. The molecule has 0 spiro atoms. The molecule has 0 saturated heterocycles. The Bertz CT molecular complexity index is 861. The predicted octanol–water partition coefficient (Wildman–Crippen LogP) is 1.10. The maximum atomic E-state index is 15.1. The summed E-state index contributed by atoms with van der Waals surface area (Å²) in [5.41, 5.74) is -3.98. The quantitative estimate of drug-likeness (QED) is 0.671. The minimum atomic E-state index is -5.29. The van der Waals surface area contributed by atoms with Gasteiger partial charge in [0.05, 0.1) is 18.9 Å². The Labute approximate surface area is 146 Å². The monoisotopic (exact) mass is 397 g/mol. The van der Waals surface area contributed by atoms with E-state index in [2.05, 4.69) is 10.1 Å². The van der Waals surface area contributed by atoms with Gasteiger partial charge in [0.2, 0.25) is 9.84 Å². The van der Waals surface area contributed by atoms with Crippen molar-refractivity contribution in [1.82, 2.24) is 14.8 Å². The van der Waals surface area contributed by atoms with Crippen molar-refractivity contribution in [3.8, 4) is 0 Å². The van der Waals surface area contributed by atoms with Crippen LogP contribution in [0.2, 0.25) is 0 Å². The lowest BCUT2D eigenvalue weighted by molar-refractivity contribution is -0.166. The van der Waals surface area contributed by atoms with Crippen molar-refractivity contribution in [2.45, 2.75) is 17.4 Å². The van der Waals surface area contributed by atoms with E-state index in [0.29, 0.717) is 18.2 Å². The summed E-state index contributed by atoms with van der Waals surface area (Å²) in [7, 11) is -4.52. The highest BCUT2D eigenvalue weighted by Crippen LogP contribution is 2.46. The van der Waals surface area contributed by atoms with Gasteiger partial charge in [-0.3, -0.25) is 0 Å². The van der Waals surface area contributed by atoms with Gasteiger partial charge in [-0.25, -0.2) is 26.9 Å². The molecule has 0 amide bonds. The molecule has 1 heterocycles. The van der Waals surface area contributed by atoms with E-state index in [0.717, 1.165) is 24.4 Å². The Hall–Kier alpha value is -2.05. The topological polar surface area (TPSA) is 94.3 Å². The number of aliphatic hydroxyl groups excluding tert-OH is 1. The van der Waals surface area contributed by atoms with Gasteiger partial charge in [0, 0.05) is 18.7 Å². The van der Waals surface area contributed by atoms with Gasteiger partial charge in [0.1, 0.15) is 24.3 Å². The number of methoxy groups -OCH3 is 1. The first-order chi connectivity index (χ1) is 12.1. The van der Waals surface area contributed by atoms with Gasteiger partial charge in [-0.05, 0) is 12.1 Å². The molecule has 1 atom stereocenters. The fraction of sp³-hybridized carbons (Fsp3) is 0.429. The first kappa shape index (κ1) is 20.3. The number of hydrogen-bond donors (Lipinski definition) is 1. The number of nitrogens with zero attached hydrogens (tertiary/aromatic N) is 3. The molecule has 26 heavy (non-hydrogen) atoms. The average molecular weight is 397 g/mol. The van der Waals surface area contributed by atoms with E-state index in [1.807, 2.05) is 0 Å².